The third-order valence-electron chi connectivity index (χ3n) is 4.55. The summed E-state index contributed by atoms with van der Waals surface area (Å²) in [5, 5.41) is 2.95. The molecule has 1 atom stereocenters. The monoisotopic (exact) mass is 430 g/mol. The van der Waals surface area contributed by atoms with E-state index in [9.17, 15) is 14.0 Å². The average Bonchev–Trinajstić information content (AvgIpc) is 2.71. The van der Waals surface area contributed by atoms with Crippen LogP contribution in [0, 0.1) is 5.82 Å². The highest BCUT2D eigenvalue weighted by molar-refractivity contribution is 5.88. The summed E-state index contributed by atoms with van der Waals surface area (Å²) in [5.74, 6) is 0.0854. The molecule has 0 saturated heterocycles. The molecular weight excluding hydrogens is 399 g/mol. The smallest absolute Gasteiger partial charge is 0.261 e. The number of benzene rings is 2. The van der Waals surface area contributed by atoms with Crippen LogP contribution in [0.3, 0.4) is 0 Å². The van der Waals surface area contributed by atoms with Crippen LogP contribution >= 0.6 is 0 Å². The van der Waals surface area contributed by atoms with Crippen LogP contribution in [0.5, 0.6) is 11.5 Å². The number of amides is 2. The van der Waals surface area contributed by atoms with Gasteiger partial charge in [-0.2, -0.15) is 0 Å². The number of methoxy groups -OCH3 is 1. The van der Waals surface area contributed by atoms with Crippen LogP contribution in [0.25, 0.3) is 0 Å². The van der Waals surface area contributed by atoms with Crippen LogP contribution < -0.4 is 14.8 Å². The molecule has 0 unspecified atom stereocenters. The predicted molar refractivity (Wildman–Crippen MR) is 117 cm³/mol. The zero-order valence-corrected chi connectivity index (χ0v) is 18.8. The SMILES string of the molecule is CC[C@H](C(=O)NC(C)(C)C)N(Cc1cccc(OC)c1)C(=O)COc1ccc(F)cc1. The second-order valence-electron chi connectivity index (χ2n) is 8.28. The standard InChI is InChI=1S/C24H31FN2O4/c1-6-21(23(29)26-24(2,3)4)27(15-17-8-7-9-20(14-17)30-5)22(28)16-31-19-12-10-18(25)11-13-19/h7-14,21H,6,15-16H2,1-5H3,(H,26,29)/t21-/m1/s1. The molecule has 2 rings (SSSR count). The highest BCUT2D eigenvalue weighted by atomic mass is 19.1. The largest absolute Gasteiger partial charge is 0.497 e. The normalized spacial score (nSPS) is 12.1. The van der Waals surface area contributed by atoms with Crippen molar-refractivity contribution < 1.29 is 23.5 Å². The van der Waals surface area contributed by atoms with E-state index >= 15 is 0 Å². The number of nitrogens with zero attached hydrogens (tertiary/aromatic N) is 1. The number of carbonyl (C=O) groups is 2. The van der Waals surface area contributed by atoms with Crippen LogP contribution in [0.4, 0.5) is 4.39 Å². The Labute approximate surface area is 183 Å². The fraction of sp³-hybridized carbons (Fsp3) is 0.417. The number of ether oxygens (including phenoxy) is 2. The zero-order chi connectivity index (χ0) is 23.0. The van der Waals surface area contributed by atoms with E-state index in [0.29, 0.717) is 17.9 Å². The van der Waals surface area contributed by atoms with E-state index in [-0.39, 0.29) is 30.8 Å². The van der Waals surface area contributed by atoms with Crippen molar-refractivity contribution in [1.29, 1.82) is 0 Å². The first kappa shape index (κ1) is 24.2. The minimum absolute atomic E-state index is 0.221. The molecule has 6 nitrogen and oxygen atoms in total. The molecule has 0 saturated carbocycles. The summed E-state index contributed by atoms with van der Waals surface area (Å²) in [5.41, 5.74) is 0.399. The highest BCUT2D eigenvalue weighted by Crippen LogP contribution is 2.19. The topological polar surface area (TPSA) is 67.9 Å². The maximum absolute atomic E-state index is 13.1. The third kappa shape index (κ3) is 7.59. The molecule has 0 bridgehead atoms. The number of hydrogen-bond acceptors (Lipinski definition) is 4. The Kier molecular flexibility index (Phi) is 8.42. The molecule has 0 radical (unpaired) electrons. The number of hydrogen-bond donors (Lipinski definition) is 1. The van der Waals surface area contributed by atoms with Crippen LogP contribution in [0.1, 0.15) is 39.7 Å². The lowest BCUT2D eigenvalue weighted by molar-refractivity contribution is -0.143. The summed E-state index contributed by atoms with van der Waals surface area (Å²) in [6, 6.07) is 12.1. The van der Waals surface area contributed by atoms with Crippen LogP contribution in [0.2, 0.25) is 0 Å². The average molecular weight is 431 g/mol. The maximum atomic E-state index is 13.1. The maximum Gasteiger partial charge on any atom is 0.261 e. The summed E-state index contributed by atoms with van der Waals surface area (Å²) in [6.45, 7) is 7.49. The molecule has 0 heterocycles. The van der Waals surface area contributed by atoms with Crippen molar-refractivity contribution in [2.75, 3.05) is 13.7 Å². The molecule has 0 fully saturated rings. The molecule has 168 valence electrons. The Morgan fingerprint density at radius 3 is 2.35 bits per heavy atom. The molecule has 0 aliphatic rings. The van der Waals surface area contributed by atoms with Crippen molar-refractivity contribution in [2.45, 2.75) is 52.2 Å². The Balaban J connectivity index is 2.24. The van der Waals surface area contributed by atoms with Crippen molar-refractivity contribution in [1.82, 2.24) is 10.2 Å². The molecule has 0 aromatic heterocycles. The highest BCUT2D eigenvalue weighted by Gasteiger charge is 2.31. The van der Waals surface area contributed by atoms with Crippen LogP contribution in [0.15, 0.2) is 48.5 Å². The van der Waals surface area contributed by atoms with E-state index < -0.39 is 11.6 Å². The Hall–Kier alpha value is -3.09. The first-order valence-corrected chi connectivity index (χ1v) is 10.3. The van der Waals surface area contributed by atoms with Crippen molar-refractivity contribution in [2.24, 2.45) is 0 Å². The van der Waals surface area contributed by atoms with Crippen LogP contribution in [-0.2, 0) is 16.1 Å². The minimum atomic E-state index is -0.672. The van der Waals surface area contributed by atoms with Crippen molar-refractivity contribution in [3.05, 3.63) is 59.9 Å². The number of carbonyl (C=O) groups excluding carboxylic acids is 2. The van der Waals surface area contributed by atoms with Gasteiger partial charge < -0.3 is 19.7 Å². The first-order valence-electron chi connectivity index (χ1n) is 10.3. The number of rotatable bonds is 9. The molecule has 1 N–H and O–H groups in total. The van der Waals surface area contributed by atoms with E-state index in [0.717, 1.165) is 5.56 Å². The summed E-state index contributed by atoms with van der Waals surface area (Å²) in [6.07, 6.45) is 0.439. The second kappa shape index (κ2) is 10.8. The lowest BCUT2D eigenvalue weighted by Gasteiger charge is -2.33. The Morgan fingerprint density at radius 2 is 1.77 bits per heavy atom. The third-order valence-corrected chi connectivity index (χ3v) is 4.55. The summed E-state index contributed by atoms with van der Waals surface area (Å²) in [7, 11) is 1.57. The van der Waals surface area contributed by atoms with Gasteiger partial charge in [-0.05, 0) is 69.2 Å². The van der Waals surface area contributed by atoms with Crippen molar-refractivity contribution >= 4 is 11.8 Å². The minimum Gasteiger partial charge on any atom is -0.497 e. The fourth-order valence-electron chi connectivity index (χ4n) is 3.10. The van der Waals surface area contributed by atoms with Gasteiger partial charge in [0, 0.05) is 12.1 Å². The van der Waals surface area contributed by atoms with Gasteiger partial charge in [-0.25, -0.2) is 4.39 Å². The van der Waals surface area contributed by atoms with E-state index in [1.807, 2.05) is 52.0 Å². The van der Waals surface area contributed by atoms with Gasteiger partial charge in [0.15, 0.2) is 6.61 Å². The van der Waals surface area contributed by atoms with E-state index in [1.54, 1.807) is 7.11 Å². The van der Waals surface area contributed by atoms with Gasteiger partial charge >= 0.3 is 0 Å². The molecule has 7 heteroatoms. The quantitative estimate of drug-likeness (QED) is 0.655. The molecule has 0 aliphatic heterocycles. The van der Waals surface area contributed by atoms with Gasteiger partial charge in [-0.1, -0.05) is 19.1 Å². The molecule has 2 amide bonds. The fourth-order valence-corrected chi connectivity index (χ4v) is 3.10. The Bertz CT molecular complexity index is 878. The summed E-state index contributed by atoms with van der Waals surface area (Å²) in [4.78, 5) is 27.6. The molecule has 2 aromatic rings. The summed E-state index contributed by atoms with van der Waals surface area (Å²) >= 11 is 0. The van der Waals surface area contributed by atoms with Crippen molar-refractivity contribution in [3.8, 4) is 11.5 Å². The van der Waals surface area contributed by atoms with Gasteiger partial charge in [0.2, 0.25) is 5.91 Å². The lowest BCUT2D eigenvalue weighted by Crippen LogP contribution is -2.54. The van der Waals surface area contributed by atoms with Gasteiger partial charge in [0.1, 0.15) is 23.4 Å². The van der Waals surface area contributed by atoms with Gasteiger partial charge in [0.25, 0.3) is 5.91 Å². The summed E-state index contributed by atoms with van der Waals surface area (Å²) < 4.78 is 23.9. The van der Waals surface area contributed by atoms with Crippen LogP contribution in [-0.4, -0.2) is 42.0 Å². The molecule has 31 heavy (non-hydrogen) atoms. The van der Waals surface area contributed by atoms with Gasteiger partial charge in [-0.3, -0.25) is 9.59 Å². The van der Waals surface area contributed by atoms with E-state index in [2.05, 4.69) is 5.32 Å². The van der Waals surface area contributed by atoms with E-state index in [1.165, 1.54) is 29.2 Å². The van der Waals surface area contributed by atoms with Gasteiger partial charge in [-0.15, -0.1) is 0 Å². The molecule has 0 aliphatic carbocycles. The molecule has 0 spiro atoms. The van der Waals surface area contributed by atoms with Crippen molar-refractivity contribution in [3.63, 3.8) is 0 Å². The molecular formula is C24H31FN2O4. The second-order valence-corrected chi connectivity index (χ2v) is 8.28. The number of halogens is 1. The Morgan fingerprint density at radius 1 is 1.10 bits per heavy atom. The lowest BCUT2D eigenvalue weighted by atomic mass is 10.1. The van der Waals surface area contributed by atoms with Gasteiger partial charge in [0.05, 0.1) is 7.11 Å². The predicted octanol–water partition coefficient (Wildman–Crippen LogP) is 3.94. The number of nitrogens with one attached hydrogen (secondary N) is 1. The first-order chi connectivity index (χ1) is 14.6. The molecule has 2 aromatic carbocycles. The van der Waals surface area contributed by atoms with E-state index in [4.69, 9.17) is 9.47 Å². The zero-order valence-electron chi connectivity index (χ0n) is 18.8.